The van der Waals surface area contributed by atoms with Crippen LogP contribution in [0.1, 0.15) is 28.6 Å². The Morgan fingerprint density at radius 2 is 2.46 bits per heavy atom. The molecule has 0 radical (unpaired) electrons. The Bertz CT molecular complexity index is 312. The van der Waals surface area contributed by atoms with Crippen LogP contribution in [-0.4, -0.2) is 17.5 Å². The van der Waals surface area contributed by atoms with Crippen LogP contribution in [0.15, 0.2) is 17.5 Å². The zero-order valence-corrected chi connectivity index (χ0v) is 8.30. The smallest absolute Gasteiger partial charge is 0.170 e. The van der Waals surface area contributed by atoms with Crippen LogP contribution in [0.3, 0.4) is 0 Å². The van der Waals surface area contributed by atoms with Crippen LogP contribution >= 0.6 is 11.3 Å². The van der Waals surface area contributed by atoms with Gasteiger partial charge in [-0.15, -0.1) is 11.3 Å². The van der Waals surface area contributed by atoms with E-state index in [0.717, 1.165) is 10.4 Å². The molecule has 1 heterocycles. The van der Waals surface area contributed by atoms with Crippen molar-refractivity contribution in [2.24, 2.45) is 0 Å². The van der Waals surface area contributed by atoms with Gasteiger partial charge < -0.3 is 5.11 Å². The van der Waals surface area contributed by atoms with E-state index < -0.39 is 0 Å². The highest BCUT2D eigenvalue weighted by molar-refractivity contribution is 7.12. The second-order valence-electron chi connectivity index (χ2n) is 2.68. The van der Waals surface area contributed by atoms with Crippen molar-refractivity contribution in [1.82, 2.24) is 0 Å². The van der Waals surface area contributed by atoms with E-state index in [1.807, 2.05) is 23.6 Å². The summed E-state index contributed by atoms with van der Waals surface area (Å²) in [5.74, 6) is 0.0960. The van der Waals surface area contributed by atoms with Crippen molar-refractivity contribution in [2.75, 3.05) is 6.61 Å². The number of Topliss-reactive ketones (excluding diaryl/α,β-unsaturated/α-hetero) is 1. The van der Waals surface area contributed by atoms with E-state index in [1.165, 1.54) is 11.3 Å². The number of thiophene rings is 1. The number of aliphatic hydroxyl groups excluding tert-OH is 1. The van der Waals surface area contributed by atoms with Crippen molar-refractivity contribution >= 4 is 23.2 Å². The maximum Gasteiger partial charge on any atom is 0.170 e. The highest BCUT2D eigenvalue weighted by Crippen LogP contribution is 2.18. The highest BCUT2D eigenvalue weighted by Gasteiger charge is 2.04. The molecule has 0 fully saturated rings. The van der Waals surface area contributed by atoms with Crippen molar-refractivity contribution in [2.45, 2.75) is 13.3 Å². The van der Waals surface area contributed by atoms with Crippen LogP contribution in [-0.2, 0) is 0 Å². The molecule has 0 aliphatic heterocycles. The molecule has 1 rings (SSSR count). The lowest BCUT2D eigenvalue weighted by Gasteiger charge is -1.92. The summed E-state index contributed by atoms with van der Waals surface area (Å²) in [4.78, 5) is 11.9. The van der Waals surface area contributed by atoms with Gasteiger partial charge in [-0.2, -0.15) is 0 Å². The van der Waals surface area contributed by atoms with Gasteiger partial charge in [-0.05, 0) is 30.4 Å². The largest absolute Gasteiger partial charge is 0.396 e. The lowest BCUT2D eigenvalue weighted by atomic mass is 10.2. The van der Waals surface area contributed by atoms with E-state index >= 15 is 0 Å². The lowest BCUT2D eigenvalue weighted by molar-refractivity contribution is 0.102. The quantitative estimate of drug-likeness (QED) is 0.750. The fourth-order valence-electron chi connectivity index (χ4n) is 1.02. The molecule has 2 nitrogen and oxygen atoms in total. The molecule has 0 saturated heterocycles. The summed E-state index contributed by atoms with van der Waals surface area (Å²) < 4.78 is 0. The summed E-state index contributed by atoms with van der Waals surface area (Å²) in [6.07, 6.45) is 4.38. The third-order valence-corrected chi connectivity index (χ3v) is 2.64. The topological polar surface area (TPSA) is 37.3 Å². The molecule has 0 atom stereocenters. The van der Waals surface area contributed by atoms with E-state index in [1.54, 1.807) is 6.92 Å². The maximum absolute atomic E-state index is 11.1. The average Bonchev–Trinajstić information content (AvgIpc) is 2.53. The Morgan fingerprint density at radius 3 is 3.08 bits per heavy atom. The number of aliphatic hydroxyl groups is 1. The molecule has 3 heteroatoms. The molecule has 0 saturated carbocycles. The minimum atomic E-state index is 0.0960. The molecule has 0 aromatic carbocycles. The van der Waals surface area contributed by atoms with Gasteiger partial charge in [0.25, 0.3) is 0 Å². The Kier molecular flexibility index (Phi) is 3.86. The average molecular weight is 196 g/mol. The maximum atomic E-state index is 11.1. The molecule has 13 heavy (non-hydrogen) atoms. The van der Waals surface area contributed by atoms with Crippen molar-refractivity contribution in [3.8, 4) is 0 Å². The van der Waals surface area contributed by atoms with Crippen LogP contribution in [0.5, 0.6) is 0 Å². The number of rotatable bonds is 4. The SMILES string of the molecule is CC(=O)c1sccc1C=CCCO. The zero-order valence-electron chi connectivity index (χ0n) is 7.49. The molecule has 70 valence electrons. The minimum Gasteiger partial charge on any atom is -0.396 e. The van der Waals surface area contributed by atoms with Crippen molar-refractivity contribution in [3.63, 3.8) is 0 Å². The summed E-state index contributed by atoms with van der Waals surface area (Å²) in [5, 5.41) is 10.5. The molecular weight excluding hydrogens is 184 g/mol. The van der Waals surface area contributed by atoms with Gasteiger partial charge in [0.05, 0.1) is 4.88 Å². The van der Waals surface area contributed by atoms with Gasteiger partial charge in [0.15, 0.2) is 5.78 Å². The molecule has 0 bridgehead atoms. The summed E-state index contributed by atoms with van der Waals surface area (Å²) in [5.41, 5.74) is 0.950. The fraction of sp³-hybridized carbons (Fsp3) is 0.300. The summed E-state index contributed by atoms with van der Waals surface area (Å²) >= 11 is 1.45. The van der Waals surface area contributed by atoms with E-state index in [-0.39, 0.29) is 12.4 Å². The normalized spacial score (nSPS) is 10.9. The number of hydrogen-bond donors (Lipinski definition) is 1. The number of ketones is 1. The number of carbonyl (C=O) groups excluding carboxylic acids is 1. The number of hydrogen-bond acceptors (Lipinski definition) is 3. The Hall–Kier alpha value is -0.930. The van der Waals surface area contributed by atoms with E-state index in [4.69, 9.17) is 5.11 Å². The molecule has 0 unspecified atom stereocenters. The second-order valence-corrected chi connectivity index (χ2v) is 3.59. The van der Waals surface area contributed by atoms with Gasteiger partial charge >= 0.3 is 0 Å². The Balaban J connectivity index is 2.76. The fourth-order valence-corrected chi connectivity index (χ4v) is 1.81. The predicted molar refractivity (Wildman–Crippen MR) is 55.1 cm³/mol. The molecule has 0 aliphatic carbocycles. The first-order valence-electron chi connectivity index (χ1n) is 4.11. The first-order chi connectivity index (χ1) is 6.25. The number of carbonyl (C=O) groups is 1. The first-order valence-corrected chi connectivity index (χ1v) is 4.99. The monoisotopic (exact) mass is 196 g/mol. The van der Waals surface area contributed by atoms with Gasteiger partial charge in [0.2, 0.25) is 0 Å². The second kappa shape index (κ2) is 4.94. The van der Waals surface area contributed by atoms with E-state index in [9.17, 15) is 4.79 Å². The van der Waals surface area contributed by atoms with Gasteiger partial charge in [-0.1, -0.05) is 12.2 Å². The highest BCUT2D eigenvalue weighted by atomic mass is 32.1. The minimum absolute atomic E-state index is 0.0960. The third-order valence-electron chi connectivity index (χ3n) is 1.61. The van der Waals surface area contributed by atoms with Crippen LogP contribution < -0.4 is 0 Å². The molecule has 1 aromatic rings. The predicted octanol–water partition coefficient (Wildman–Crippen LogP) is 2.35. The third kappa shape index (κ3) is 2.79. The Labute approximate surface area is 81.5 Å². The van der Waals surface area contributed by atoms with Gasteiger partial charge in [0, 0.05) is 6.61 Å². The molecule has 1 aromatic heterocycles. The van der Waals surface area contributed by atoms with Gasteiger partial charge in [0.1, 0.15) is 0 Å². The summed E-state index contributed by atoms with van der Waals surface area (Å²) in [7, 11) is 0. The molecule has 0 amide bonds. The van der Waals surface area contributed by atoms with Crippen LogP contribution in [0, 0.1) is 0 Å². The van der Waals surface area contributed by atoms with Crippen LogP contribution in [0.4, 0.5) is 0 Å². The van der Waals surface area contributed by atoms with E-state index in [2.05, 4.69) is 0 Å². The molecule has 1 N–H and O–H groups in total. The molecule has 0 spiro atoms. The summed E-state index contributed by atoms with van der Waals surface area (Å²) in [6.45, 7) is 1.71. The zero-order chi connectivity index (χ0) is 9.68. The van der Waals surface area contributed by atoms with E-state index in [0.29, 0.717) is 6.42 Å². The molecule has 0 aliphatic rings. The van der Waals surface area contributed by atoms with Crippen LogP contribution in [0.2, 0.25) is 0 Å². The standard InChI is InChI=1S/C10H12O2S/c1-8(12)10-9(5-7-13-10)4-2-3-6-11/h2,4-5,7,11H,3,6H2,1H3. The van der Waals surface area contributed by atoms with Crippen molar-refractivity contribution in [1.29, 1.82) is 0 Å². The van der Waals surface area contributed by atoms with Gasteiger partial charge in [-0.25, -0.2) is 0 Å². The van der Waals surface area contributed by atoms with Crippen molar-refractivity contribution < 1.29 is 9.90 Å². The van der Waals surface area contributed by atoms with Crippen LogP contribution in [0.25, 0.3) is 6.08 Å². The Morgan fingerprint density at radius 1 is 1.69 bits per heavy atom. The molecular formula is C10H12O2S. The lowest BCUT2D eigenvalue weighted by Crippen LogP contribution is -1.89. The van der Waals surface area contributed by atoms with Crippen molar-refractivity contribution in [3.05, 3.63) is 28.0 Å². The first kappa shape index (κ1) is 10.2. The van der Waals surface area contributed by atoms with Gasteiger partial charge in [-0.3, -0.25) is 4.79 Å². The summed E-state index contributed by atoms with van der Waals surface area (Å²) in [6, 6.07) is 1.91.